The van der Waals surface area contributed by atoms with E-state index < -0.39 is 0 Å². The van der Waals surface area contributed by atoms with Crippen LogP contribution in [0.25, 0.3) is 11.0 Å². The number of nitrogens with one attached hydrogen (secondary N) is 1. The first kappa shape index (κ1) is 12.1. The standard InChI is InChI=1S/C15H11ClFNO/c16-12-5-3-6-13(17)15(12)18-8-10-9-19-14-7-2-1-4-11(10)14/h1-7,9,18H,8H2. The topological polar surface area (TPSA) is 25.2 Å². The van der Waals surface area contributed by atoms with E-state index in [1.165, 1.54) is 6.07 Å². The number of anilines is 1. The summed E-state index contributed by atoms with van der Waals surface area (Å²) in [6, 6.07) is 12.3. The quantitative estimate of drug-likeness (QED) is 0.740. The van der Waals surface area contributed by atoms with Crippen molar-refractivity contribution in [3.8, 4) is 0 Å². The molecule has 4 heteroatoms. The zero-order chi connectivity index (χ0) is 13.2. The van der Waals surface area contributed by atoms with Crippen LogP contribution in [0.1, 0.15) is 5.56 Å². The van der Waals surface area contributed by atoms with Gasteiger partial charge in [-0.05, 0) is 18.2 Å². The minimum Gasteiger partial charge on any atom is -0.464 e. The Balaban J connectivity index is 1.87. The Morgan fingerprint density at radius 2 is 1.95 bits per heavy atom. The van der Waals surface area contributed by atoms with Crippen LogP contribution in [-0.4, -0.2) is 0 Å². The lowest BCUT2D eigenvalue weighted by Crippen LogP contribution is -2.01. The van der Waals surface area contributed by atoms with Crippen LogP contribution in [0, 0.1) is 5.82 Å². The minimum atomic E-state index is -0.361. The summed E-state index contributed by atoms with van der Waals surface area (Å²) < 4.78 is 19.1. The van der Waals surface area contributed by atoms with E-state index in [-0.39, 0.29) is 5.82 Å². The van der Waals surface area contributed by atoms with Crippen molar-refractivity contribution in [3.63, 3.8) is 0 Å². The van der Waals surface area contributed by atoms with Crippen molar-refractivity contribution in [2.24, 2.45) is 0 Å². The average molecular weight is 276 g/mol. The highest BCUT2D eigenvalue weighted by Gasteiger charge is 2.09. The number of rotatable bonds is 3. The van der Waals surface area contributed by atoms with Crippen LogP contribution in [0.3, 0.4) is 0 Å². The van der Waals surface area contributed by atoms with Gasteiger partial charge in [0.1, 0.15) is 11.4 Å². The molecule has 0 aliphatic carbocycles. The van der Waals surface area contributed by atoms with Gasteiger partial charge in [-0.1, -0.05) is 35.9 Å². The van der Waals surface area contributed by atoms with Crippen LogP contribution in [0.4, 0.5) is 10.1 Å². The first-order chi connectivity index (χ1) is 9.25. The lowest BCUT2D eigenvalue weighted by atomic mass is 10.2. The lowest BCUT2D eigenvalue weighted by molar-refractivity contribution is 0.610. The Kier molecular flexibility index (Phi) is 3.13. The van der Waals surface area contributed by atoms with E-state index in [1.807, 2.05) is 24.3 Å². The Hall–Kier alpha value is -2.00. The molecule has 1 N–H and O–H groups in total. The molecular formula is C15H11ClFNO. The predicted octanol–water partition coefficient (Wildman–Crippen LogP) is 4.84. The number of halogens is 2. The summed E-state index contributed by atoms with van der Waals surface area (Å²) in [6.07, 6.45) is 1.67. The number of para-hydroxylation sites is 2. The summed E-state index contributed by atoms with van der Waals surface area (Å²) in [7, 11) is 0. The van der Waals surface area contributed by atoms with Crippen molar-refractivity contribution in [2.45, 2.75) is 6.54 Å². The van der Waals surface area contributed by atoms with E-state index in [4.69, 9.17) is 16.0 Å². The molecule has 0 saturated heterocycles. The number of benzene rings is 2. The van der Waals surface area contributed by atoms with E-state index in [9.17, 15) is 4.39 Å². The van der Waals surface area contributed by atoms with Crippen molar-refractivity contribution in [1.82, 2.24) is 0 Å². The number of furan rings is 1. The largest absolute Gasteiger partial charge is 0.464 e. The van der Waals surface area contributed by atoms with Gasteiger partial charge in [-0.25, -0.2) is 4.39 Å². The van der Waals surface area contributed by atoms with Gasteiger partial charge in [0, 0.05) is 17.5 Å². The van der Waals surface area contributed by atoms with E-state index in [1.54, 1.807) is 18.4 Å². The third-order valence-electron chi connectivity index (χ3n) is 2.98. The molecule has 0 aliphatic heterocycles. The average Bonchev–Trinajstić information content (AvgIpc) is 2.82. The van der Waals surface area contributed by atoms with Crippen molar-refractivity contribution in [1.29, 1.82) is 0 Å². The fourth-order valence-corrected chi connectivity index (χ4v) is 2.25. The summed E-state index contributed by atoms with van der Waals surface area (Å²) in [4.78, 5) is 0. The first-order valence-electron chi connectivity index (χ1n) is 5.88. The SMILES string of the molecule is Fc1cccc(Cl)c1NCc1coc2ccccc12. The lowest BCUT2D eigenvalue weighted by Gasteiger charge is -2.08. The highest BCUT2D eigenvalue weighted by atomic mass is 35.5. The van der Waals surface area contributed by atoms with Crippen LogP contribution in [0.2, 0.25) is 5.02 Å². The maximum atomic E-state index is 13.6. The Bertz CT molecular complexity index is 703. The molecule has 0 bridgehead atoms. The van der Waals surface area contributed by atoms with Gasteiger partial charge in [0.15, 0.2) is 0 Å². The predicted molar refractivity (Wildman–Crippen MR) is 75.0 cm³/mol. The maximum absolute atomic E-state index is 13.6. The normalized spacial score (nSPS) is 10.8. The highest BCUT2D eigenvalue weighted by molar-refractivity contribution is 6.33. The van der Waals surface area contributed by atoms with Gasteiger partial charge in [0.05, 0.1) is 17.0 Å². The van der Waals surface area contributed by atoms with E-state index in [2.05, 4.69) is 5.32 Å². The second kappa shape index (κ2) is 4.94. The molecule has 0 fully saturated rings. The van der Waals surface area contributed by atoms with Crippen molar-refractivity contribution < 1.29 is 8.81 Å². The summed E-state index contributed by atoms with van der Waals surface area (Å²) in [6.45, 7) is 0.456. The molecule has 0 spiro atoms. The number of fused-ring (bicyclic) bond motifs is 1. The summed E-state index contributed by atoms with van der Waals surface area (Å²) in [5.41, 5.74) is 2.10. The number of hydrogen-bond donors (Lipinski definition) is 1. The molecule has 0 radical (unpaired) electrons. The number of hydrogen-bond acceptors (Lipinski definition) is 2. The van der Waals surface area contributed by atoms with Gasteiger partial charge in [-0.15, -0.1) is 0 Å². The highest BCUT2D eigenvalue weighted by Crippen LogP contribution is 2.27. The van der Waals surface area contributed by atoms with Gasteiger partial charge < -0.3 is 9.73 Å². The van der Waals surface area contributed by atoms with Crippen LogP contribution in [-0.2, 0) is 6.54 Å². The van der Waals surface area contributed by atoms with Gasteiger partial charge in [-0.2, -0.15) is 0 Å². The molecular weight excluding hydrogens is 265 g/mol. The van der Waals surface area contributed by atoms with Gasteiger partial charge >= 0.3 is 0 Å². The molecule has 1 aromatic heterocycles. The summed E-state index contributed by atoms with van der Waals surface area (Å²) in [5.74, 6) is -0.361. The Morgan fingerprint density at radius 1 is 1.11 bits per heavy atom. The molecule has 3 rings (SSSR count). The Labute approximate surface area is 114 Å². The van der Waals surface area contributed by atoms with Gasteiger partial charge in [0.25, 0.3) is 0 Å². The molecule has 0 unspecified atom stereocenters. The summed E-state index contributed by atoms with van der Waals surface area (Å²) in [5, 5.41) is 4.39. The second-order valence-electron chi connectivity index (χ2n) is 4.21. The van der Waals surface area contributed by atoms with Crippen molar-refractivity contribution in [2.75, 3.05) is 5.32 Å². The molecule has 0 saturated carbocycles. The third kappa shape index (κ3) is 2.29. The molecule has 0 aliphatic rings. The molecule has 2 nitrogen and oxygen atoms in total. The zero-order valence-electron chi connectivity index (χ0n) is 9.99. The van der Waals surface area contributed by atoms with Gasteiger partial charge in [0.2, 0.25) is 0 Å². The van der Waals surface area contributed by atoms with Crippen LogP contribution in [0.5, 0.6) is 0 Å². The van der Waals surface area contributed by atoms with Crippen LogP contribution < -0.4 is 5.32 Å². The monoisotopic (exact) mass is 275 g/mol. The van der Waals surface area contributed by atoms with E-state index >= 15 is 0 Å². The first-order valence-corrected chi connectivity index (χ1v) is 6.26. The zero-order valence-corrected chi connectivity index (χ0v) is 10.7. The summed E-state index contributed by atoms with van der Waals surface area (Å²) >= 11 is 5.96. The molecule has 0 atom stereocenters. The van der Waals surface area contributed by atoms with Crippen molar-refractivity contribution in [3.05, 3.63) is 65.1 Å². The fourth-order valence-electron chi connectivity index (χ4n) is 2.02. The van der Waals surface area contributed by atoms with E-state index in [0.29, 0.717) is 17.3 Å². The minimum absolute atomic E-state index is 0.314. The molecule has 96 valence electrons. The molecule has 3 aromatic rings. The van der Waals surface area contributed by atoms with Gasteiger partial charge in [-0.3, -0.25) is 0 Å². The van der Waals surface area contributed by atoms with E-state index in [0.717, 1.165) is 16.5 Å². The third-order valence-corrected chi connectivity index (χ3v) is 3.29. The molecule has 2 aromatic carbocycles. The van der Waals surface area contributed by atoms with Crippen LogP contribution in [0.15, 0.2) is 53.1 Å². The van der Waals surface area contributed by atoms with Crippen molar-refractivity contribution >= 4 is 28.3 Å². The second-order valence-corrected chi connectivity index (χ2v) is 4.61. The molecule has 1 heterocycles. The Morgan fingerprint density at radius 3 is 2.79 bits per heavy atom. The maximum Gasteiger partial charge on any atom is 0.147 e. The molecule has 0 amide bonds. The molecule has 19 heavy (non-hydrogen) atoms. The fraction of sp³-hybridized carbons (Fsp3) is 0.0667. The van der Waals surface area contributed by atoms with Crippen LogP contribution >= 0.6 is 11.6 Å². The smallest absolute Gasteiger partial charge is 0.147 e.